The first-order valence-electron chi connectivity index (χ1n) is 8.46. The summed E-state index contributed by atoms with van der Waals surface area (Å²) in [6, 6.07) is 0. The fourth-order valence-electron chi connectivity index (χ4n) is 3.39. The molecule has 0 aromatic rings. The van der Waals surface area contributed by atoms with Crippen LogP contribution in [0.25, 0.3) is 0 Å². The monoisotopic (exact) mass is 254 g/mol. The van der Waals surface area contributed by atoms with Gasteiger partial charge < -0.3 is 5.11 Å². The number of aliphatic hydroxyl groups is 1. The number of rotatable bonds is 9. The van der Waals surface area contributed by atoms with Crippen LogP contribution < -0.4 is 0 Å². The largest absolute Gasteiger partial charge is 0.393 e. The molecular formula is C17H34O. The fourth-order valence-corrected chi connectivity index (χ4v) is 3.39. The van der Waals surface area contributed by atoms with Gasteiger partial charge in [-0.1, -0.05) is 65.2 Å². The minimum Gasteiger partial charge on any atom is -0.393 e. The highest BCUT2D eigenvalue weighted by Gasteiger charge is 2.27. The van der Waals surface area contributed by atoms with Crippen molar-refractivity contribution in [1.29, 1.82) is 0 Å². The van der Waals surface area contributed by atoms with E-state index in [9.17, 15) is 5.11 Å². The van der Waals surface area contributed by atoms with Crippen LogP contribution in [0.4, 0.5) is 0 Å². The Morgan fingerprint density at radius 2 is 1.56 bits per heavy atom. The van der Waals surface area contributed by atoms with E-state index in [1.807, 2.05) is 0 Å². The predicted molar refractivity (Wildman–Crippen MR) is 79.7 cm³/mol. The molecule has 0 saturated heterocycles. The van der Waals surface area contributed by atoms with Gasteiger partial charge in [-0.3, -0.25) is 0 Å². The summed E-state index contributed by atoms with van der Waals surface area (Å²) in [6.45, 7) is 4.57. The summed E-state index contributed by atoms with van der Waals surface area (Å²) < 4.78 is 0. The molecule has 0 aliphatic heterocycles. The molecule has 108 valence electrons. The lowest BCUT2D eigenvalue weighted by molar-refractivity contribution is 0.0417. The van der Waals surface area contributed by atoms with Crippen molar-refractivity contribution < 1.29 is 5.11 Å². The molecule has 3 atom stereocenters. The minimum absolute atomic E-state index is 0.00731. The van der Waals surface area contributed by atoms with Gasteiger partial charge in [0.1, 0.15) is 0 Å². The third kappa shape index (κ3) is 6.22. The number of hydrogen-bond acceptors (Lipinski definition) is 1. The van der Waals surface area contributed by atoms with E-state index in [2.05, 4.69) is 13.8 Å². The Kier molecular flexibility index (Phi) is 8.75. The van der Waals surface area contributed by atoms with Gasteiger partial charge in [0.2, 0.25) is 0 Å². The first-order valence-corrected chi connectivity index (χ1v) is 8.46. The topological polar surface area (TPSA) is 20.2 Å². The van der Waals surface area contributed by atoms with Crippen LogP contribution >= 0.6 is 0 Å². The molecule has 3 unspecified atom stereocenters. The summed E-state index contributed by atoms with van der Waals surface area (Å²) in [7, 11) is 0. The third-order valence-corrected chi connectivity index (χ3v) is 4.81. The molecule has 1 N–H and O–H groups in total. The molecule has 0 heterocycles. The molecule has 1 nitrogen and oxygen atoms in total. The van der Waals surface area contributed by atoms with Gasteiger partial charge in [-0.05, 0) is 37.5 Å². The van der Waals surface area contributed by atoms with Crippen LogP contribution in [0.15, 0.2) is 0 Å². The summed E-state index contributed by atoms with van der Waals surface area (Å²) in [4.78, 5) is 0. The highest BCUT2D eigenvalue weighted by atomic mass is 16.3. The van der Waals surface area contributed by atoms with Gasteiger partial charge in [0.05, 0.1) is 6.10 Å². The van der Waals surface area contributed by atoms with E-state index in [1.165, 1.54) is 70.6 Å². The molecule has 1 aliphatic rings. The lowest BCUT2D eigenvalue weighted by atomic mass is 9.76. The number of unbranched alkanes of at least 4 members (excludes halogenated alkanes) is 6. The standard InChI is InChI=1S/C17H34O/c1-3-5-6-7-8-9-10-11-16-14-15(4-2)12-13-17(16)18/h15-18H,3-14H2,1-2H3. The molecule has 1 rings (SSSR count). The average Bonchev–Trinajstić information content (AvgIpc) is 2.39. The zero-order valence-corrected chi connectivity index (χ0v) is 12.7. The van der Waals surface area contributed by atoms with Gasteiger partial charge in [0, 0.05) is 0 Å². The molecule has 18 heavy (non-hydrogen) atoms. The third-order valence-electron chi connectivity index (χ3n) is 4.81. The molecule has 1 aliphatic carbocycles. The number of aliphatic hydroxyl groups excluding tert-OH is 1. The summed E-state index contributed by atoms with van der Waals surface area (Å²) >= 11 is 0. The molecular weight excluding hydrogens is 220 g/mol. The second-order valence-electron chi connectivity index (χ2n) is 6.32. The maximum Gasteiger partial charge on any atom is 0.0568 e. The van der Waals surface area contributed by atoms with Crippen LogP contribution in [0.5, 0.6) is 0 Å². The van der Waals surface area contributed by atoms with Gasteiger partial charge in [-0.2, -0.15) is 0 Å². The highest BCUT2D eigenvalue weighted by molar-refractivity contribution is 4.79. The Labute approximate surface area is 114 Å². The van der Waals surface area contributed by atoms with Crippen molar-refractivity contribution in [3.05, 3.63) is 0 Å². The van der Waals surface area contributed by atoms with E-state index in [4.69, 9.17) is 0 Å². The Morgan fingerprint density at radius 3 is 2.22 bits per heavy atom. The summed E-state index contributed by atoms with van der Waals surface area (Å²) in [5.41, 5.74) is 0. The van der Waals surface area contributed by atoms with E-state index >= 15 is 0 Å². The second kappa shape index (κ2) is 9.83. The van der Waals surface area contributed by atoms with Crippen LogP contribution in [0.3, 0.4) is 0 Å². The van der Waals surface area contributed by atoms with Crippen LogP contribution in [-0.4, -0.2) is 11.2 Å². The van der Waals surface area contributed by atoms with Crippen molar-refractivity contribution in [2.24, 2.45) is 11.8 Å². The van der Waals surface area contributed by atoms with Crippen LogP contribution in [0.2, 0.25) is 0 Å². The predicted octanol–water partition coefficient (Wildman–Crippen LogP) is 5.31. The molecule has 1 fully saturated rings. The first-order chi connectivity index (χ1) is 8.77. The maximum absolute atomic E-state index is 10.1. The van der Waals surface area contributed by atoms with E-state index in [0.717, 1.165) is 12.3 Å². The summed E-state index contributed by atoms with van der Waals surface area (Å²) in [5, 5.41) is 10.1. The van der Waals surface area contributed by atoms with Crippen molar-refractivity contribution >= 4 is 0 Å². The Balaban J connectivity index is 2.03. The quantitative estimate of drug-likeness (QED) is 0.552. The fraction of sp³-hybridized carbons (Fsp3) is 1.00. The van der Waals surface area contributed by atoms with Crippen molar-refractivity contribution in [3.8, 4) is 0 Å². The van der Waals surface area contributed by atoms with Gasteiger partial charge in [-0.25, -0.2) is 0 Å². The minimum atomic E-state index is 0.00731. The smallest absolute Gasteiger partial charge is 0.0568 e. The van der Waals surface area contributed by atoms with Crippen LogP contribution in [-0.2, 0) is 0 Å². The normalized spacial score (nSPS) is 28.5. The van der Waals surface area contributed by atoms with Crippen LogP contribution in [0, 0.1) is 11.8 Å². The molecule has 0 radical (unpaired) electrons. The molecule has 0 aromatic carbocycles. The van der Waals surface area contributed by atoms with E-state index < -0.39 is 0 Å². The highest BCUT2D eigenvalue weighted by Crippen LogP contribution is 2.34. The van der Waals surface area contributed by atoms with Crippen molar-refractivity contribution in [1.82, 2.24) is 0 Å². The first kappa shape index (κ1) is 16.0. The Bertz CT molecular complexity index is 190. The van der Waals surface area contributed by atoms with Crippen LogP contribution in [0.1, 0.15) is 90.9 Å². The molecule has 1 saturated carbocycles. The van der Waals surface area contributed by atoms with E-state index in [0.29, 0.717) is 5.92 Å². The van der Waals surface area contributed by atoms with E-state index in [1.54, 1.807) is 0 Å². The van der Waals surface area contributed by atoms with Gasteiger partial charge in [-0.15, -0.1) is 0 Å². The Hall–Kier alpha value is -0.0400. The molecule has 0 bridgehead atoms. The molecule has 0 aromatic heterocycles. The van der Waals surface area contributed by atoms with E-state index in [-0.39, 0.29) is 6.10 Å². The Morgan fingerprint density at radius 1 is 0.889 bits per heavy atom. The SMILES string of the molecule is CCCCCCCCCC1CC(CC)CCC1O. The maximum atomic E-state index is 10.1. The average molecular weight is 254 g/mol. The molecule has 0 spiro atoms. The van der Waals surface area contributed by atoms with Crippen molar-refractivity contribution in [2.45, 2.75) is 97.0 Å². The zero-order valence-electron chi connectivity index (χ0n) is 12.7. The lowest BCUT2D eigenvalue weighted by Crippen LogP contribution is -2.28. The second-order valence-corrected chi connectivity index (χ2v) is 6.32. The van der Waals surface area contributed by atoms with Crippen molar-refractivity contribution in [3.63, 3.8) is 0 Å². The zero-order chi connectivity index (χ0) is 13.2. The van der Waals surface area contributed by atoms with Gasteiger partial charge in [0.15, 0.2) is 0 Å². The summed E-state index contributed by atoms with van der Waals surface area (Å²) in [6.07, 6.45) is 15.9. The van der Waals surface area contributed by atoms with Gasteiger partial charge in [0.25, 0.3) is 0 Å². The molecule has 1 heteroatoms. The lowest BCUT2D eigenvalue weighted by Gasteiger charge is -2.33. The number of hydrogen-bond donors (Lipinski definition) is 1. The van der Waals surface area contributed by atoms with Crippen molar-refractivity contribution in [2.75, 3.05) is 0 Å². The molecule has 0 amide bonds. The van der Waals surface area contributed by atoms with Gasteiger partial charge >= 0.3 is 0 Å². The summed E-state index contributed by atoms with van der Waals surface area (Å²) in [5.74, 6) is 1.50.